The minimum atomic E-state index is -1.06. The molecule has 0 aliphatic carbocycles. The van der Waals surface area contributed by atoms with Crippen LogP contribution in [-0.4, -0.2) is 59.5 Å². The van der Waals surface area contributed by atoms with Crippen LogP contribution in [0.2, 0.25) is 0 Å². The largest absolute Gasteiger partial charge is 0.387 e. The molecule has 20 heavy (non-hydrogen) atoms. The molecule has 1 aromatic rings. The van der Waals surface area contributed by atoms with E-state index in [-0.39, 0.29) is 11.5 Å². The fourth-order valence-electron chi connectivity index (χ4n) is 2.07. The van der Waals surface area contributed by atoms with Gasteiger partial charge in [-0.2, -0.15) is 0 Å². The van der Waals surface area contributed by atoms with E-state index in [2.05, 4.69) is 0 Å². The SMILES string of the molecule is O=C(CO)N1CCN(C(=O)c2ccc(F)c(F)c2)CC1. The zero-order valence-electron chi connectivity index (χ0n) is 10.7. The fourth-order valence-corrected chi connectivity index (χ4v) is 2.07. The summed E-state index contributed by atoms with van der Waals surface area (Å²) in [4.78, 5) is 26.3. The Labute approximate surface area is 114 Å². The number of piperazine rings is 1. The van der Waals surface area contributed by atoms with Gasteiger partial charge in [-0.1, -0.05) is 0 Å². The summed E-state index contributed by atoms with van der Waals surface area (Å²) in [7, 11) is 0. The third-order valence-electron chi connectivity index (χ3n) is 3.22. The van der Waals surface area contributed by atoms with Crippen molar-refractivity contribution in [2.45, 2.75) is 0 Å². The summed E-state index contributed by atoms with van der Waals surface area (Å²) < 4.78 is 25.9. The highest BCUT2D eigenvalue weighted by Gasteiger charge is 2.24. The second kappa shape index (κ2) is 5.96. The highest BCUT2D eigenvalue weighted by Crippen LogP contribution is 2.13. The standard InChI is InChI=1S/C13H14F2N2O3/c14-10-2-1-9(7-11(10)15)13(20)17-5-3-16(4-6-17)12(19)8-18/h1-2,7,18H,3-6,8H2. The summed E-state index contributed by atoms with van der Waals surface area (Å²) in [6, 6.07) is 3.00. The predicted molar refractivity (Wildman–Crippen MR) is 65.9 cm³/mol. The molecule has 0 saturated carbocycles. The number of hydrogen-bond acceptors (Lipinski definition) is 3. The molecule has 1 aromatic carbocycles. The van der Waals surface area contributed by atoms with Crippen LogP contribution in [0.3, 0.4) is 0 Å². The van der Waals surface area contributed by atoms with E-state index in [0.29, 0.717) is 26.2 Å². The number of aliphatic hydroxyl groups is 1. The van der Waals surface area contributed by atoms with Gasteiger partial charge in [0.05, 0.1) is 0 Å². The Kier molecular flexibility index (Phi) is 4.29. The van der Waals surface area contributed by atoms with Gasteiger partial charge < -0.3 is 14.9 Å². The number of nitrogens with zero attached hydrogens (tertiary/aromatic N) is 2. The maximum atomic E-state index is 13.1. The average molecular weight is 284 g/mol. The van der Waals surface area contributed by atoms with Gasteiger partial charge in [-0.15, -0.1) is 0 Å². The van der Waals surface area contributed by atoms with Crippen molar-refractivity contribution < 1.29 is 23.5 Å². The Bertz CT molecular complexity index is 528. The summed E-state index contributed by atoms with van der Waals surface area (Å²) in [5.74, 6) is -2.85. The van der Waals surface area contributed by atoms with E-state index >= 15 is 0 Å². The van der Waals surface area contributed by atoms with Crippen LogP contribution in [0.15, 0.2) is 18.2 Å². The Balaban J connectivity index is 2.01. The van der Waals surface area contributed by atoms with Crippen LogP contribution in [0.25, 0.3) is 0 Å². The third kappa shape index (κ3) is 2.93. The molecule has 0 aromatic heterocycles. The lowest BCUT2D eigenvalue weighted by Gasteiger charge is -2.34. The maximum Gasteiger partial charge on any atom is 0.254 e. The van der Waals surface area contributed by atoms with Crippen LogP contribution in [0.1, 0.15) is 10.4 Å². The third-order valence-corrected chi connectivity index (χ3v) is 3.22. The molecule has 0 bridgehead atoms. The zero-order chi connectivity index (χ0) is 14.7. The van der Waals surface area contributed by atoms with Gasteiger partial charge in [-0.25, -0.2) is 8.78 Å². The molecule has 1 saturated heterocycles. The van der Waals surface area contributed by atoms with Crippen molar-refractivity contribution in [2.24, 2.45) is 0 Å². The first-order valence-electron chi connectivity index (χ1n) is 6.16. The topological polar surface area (TPSA) is 60.9 Å². The Morgan fingerprint density at radius 3 is 2.20 bits per heavy atom. The molecule has 108 valence electrons. The smallest absolute Gasteiger partial charge is 0.254 e. The predicted octanol–water partition coefficient (Wildman–Crippen LogP) is 0.242. The summed E-state index contributed by atoms with van der Waals surface area (Å²) in [6.07, 6.45) is 0. The van der Waals surface area contributed by atoms with E-state index in [1.54, 1.807) is 0 Å². The van der Waals surface area contributed by atoms with Gasteiger partial charge in [0.1, 0.15) is 6.61 Å². The minimum Gasteiger partial charge on any atom is -0.387 e. The summed E-state index contributed by atoms with van der Waals surface area (Å²) in [5, 5.41) is 8.75. The maximum absolute atomic E-state index is 13.1. The number of carbonyl (C=O) groups excluding carboxylic acids is 2. The molecule has 1 aliphatic rings. The summed E-state index contributed by atoms with van der Waals surface area (Å²) >= 11 is 0. The quantitative estimate of drug-likeness (QED) is 0.846. The molecule has 2 amide bonds. The van der Waals surface area contributed by atoms with E-state index < -0.39 is 24.1 Å². The van der Waals surface area contributed by atoms with Crippen molar-refractivity contribution in [1.29, 1.82) is 0 Å². The molecule has 0 atom stereocenters. The summed E-state index contributed by atoms with van der Waals surface area (Å²) in [6.45, 7) is 0.661. The van der Waals surface area contributed by atoms with Crippen LogP contribution in [0.4, 0.5) is 8.78 Å². The van der Waals surface area contributed by atoms with Crippen molar-refractivity contribution in [2.75, 3.05) is 32.8 Å². The van der Waals surface area contributed by atoms with Crippen molar-refractivity contribution in [1.82, 2.24) is 9.80 Å². The number of rotatable bonds is 2. The second-order valence-corrected chi connectivity index (χ2v) is 4.46. The van der Waals surface area contributed by atoms with Crippen molar-refractivity contribution >= 4 is 11.8 Å². The number of halogens is 2. The molecule has 5 nitrogen and oxygen atoms in total. The van der Waals surface area contributed by atoms with E-state index in [0.717, 1.165) is 12.1 Å². The molecule has 0 spiro atoms. The molecule has 1 heterocycles. The molecular formula is C13H14F2N2O3. The van der Waals surface area contributed by atoms with Crippen LogP contribution < -0.4 is 0 Å². The van der Waals surface area contributed by atoms with Crippen LogP contribution >= 0.6 is 0 Å². The molecular weight excluding hydrogens is 270 g/mol. The lowest BCUT2D eigenvalue weighted by Crippen LogP contribution is -2.51. The first-order valence-corrected chi connectivity index (χ1v) is 6.16. The second-order valence-electron chi connectivity index (χ2n) is 4.46. The van der Waals surface area contributed by atoms with Crippen LogP contribution in [0, 0.1) is 11.6 Å². The number of aliphatic hydroxyl groups excluding tert-OH is 1. The molecule has 7 heteroatoms. The normalized spacial score (nSPS) is 15.3. The first-order chi connectivity index (χ1) is 9.52. The molecule has 2 rings (SSSR count). The van der Waals surface area contributed by atoms with Gasteiger partial charge in [0.2, 0.25) is 5.91 Å². The van der Waals surface area contributed by atoms with Gasteiger partial charge in [0.15, 0.2) is 11.6 Å². The van der Waals surface area contributed by atoms with Gasteiger partial charge >= 0.3 is 0 Å². The van der Waals surface area contributed by atoms with Gasteiger partial charge in [0.25, 0.3) is 5.91 Å². The van der Waals surface area contributed by atoms with Crippen LogP contribution in [0.5, 0.6) is 0 Å². The Morgan fingerprint density at radius 1 is 1.05 bits per heavy atom. The molecule has 1 aliphatic heterocycles. The Morgan fingerprint density at radius 2 is 1.65 bits per heavy atom. The zero-order valence-corrected chi connectivity index (χ0v) is 10.7. The van der Waals surface area contributed by atoms with Gasteiger partial charge in [0, 0.05) is 31.7 Å². The summed E-state index contributed by atoms with van der Waals surface area (Å²) in [5.41, 5.74) is 0.0748. The first kappa shape index (κ1) is 14.4. The highest BCUT2D eigenvalue weighted by atomic mass is 19.2. The van der Waals surface area contributed by atoms with Crippen LogP contribution in [-0.2, 0) is 4.79 Å². The Hall–Kier alpha value is -2.02. The lowest BCUT2D eigenvalue weighted by molar-refractivity contribution is -0.135. The highest BCUT2D eigenvalue weighted by molar-refractivity contribution is 5.94. The molecule has 0 unspecified atom stereocenters. The number of carbonyl (C=O) groups is 2. The lowest BCUT2D eigenvalue weighted by atomic mass is 10.1. The van der Waals surface area contributed by atoms with Gasteiger partial charge in [-0.05, 0) is 18.2 Å². The fraction of sp³-hybridized carbons (Fsp3) is 0.385. The van der Waals surface area contributed by atoms with Crippen molar-refractivity contribution in [3.8, 4) is 0 Å². The molecule has 0 radical (unpaired) electrons. The number of amides is 2. The molecule has 1 fully saturated rings. The van der Waals surface area contributed by atoms with Gasteiger partial charge in [-0.3, -0.25) is 9.59 Å². The number of hydrogen-bond donors (Lipinski definition) is 1. The van der Waals surface area contributed by atoms with E-state index in [1.165, 1.54) is 15.9 Å². The minimum absolute atomic E-state index is 0.0748. The van der Waals surface area contributed by atoms with Crippen molar-refractivity contribution in [3.63, 3.8) is 0 Å². The monoisotopic (exact) mass is 284 g/mol. The van der Waals surface area contributed by atoms with E-state index in [1.807, 2.05) is 0 Å². The average Bonchev–Trinajstić information content (AvgIpc) is 2.48. The van der Waals surface area contributed by atoms with E-state index in [9.17, 15) is 18.4 Å². The van der Waals surface area contributed by atoms with E-state index in [4.69, 9.17) is 5.11 Å². The number of benzene rings is 1. The van der Waals surface area contributed by atoms with Crippen molar-refractivity contribution in [3.05, 3.63) is 35.4 Å². The molecule has 1 N–H and O–H groups in total.